The number of para-hydroxylation sites is 4. The lowest BCUT2D eigenvalue weighted by molar-refractivity contribution is 0.669. The minimum absolute atomic E-state index is 0.892. The Hall–Kier alpha value is -6.36. The van der Waals surface area contributed by atoms with Crippen molar-refractivity contribution >= 4 is 98.3 Å². The molecule has 3 nitrogen and oxygen atoms in total. The normalized spacial score (nSPS) is 11.6. The monoisotopic (exact) mass is 658 g/mol. The van der Waals surface area contributed by atoms with Crippen molar-refractivity contribution in [3.8, 4) is 0 Å². The Balaban J connectivity index is 1.21. The van der Waals surface area contributed by atoms with E-state index >= 15 is 0 Å². The van der Waals surface area contributed by atoms with Crippen molar-refractivity contribution in [2.75, 3.05) is 9.80 Å². The molecule has 0 saturated carbocycles. The number of furan rings is 1. The van der Waals surface area contributed by atoms with Crippen molar-refractivity contribution in [1.29, 1.82) is 0 Å². The third-order valence-electron chi connectivity index (χ3n) is 9.60. The molecule has 0 radical (unpaired) electrons. The standard InChI is InChI=1S/C46H30N2OS/c1-4-14-31(15-5-1)47(32-16-6-2-7-17-32)34-25-27-44-40(29-34)46-38-22-11-10-20-36(38)41(30-45(46)50-44)48(33-18-8-3-9-19-33)35-24-26-43-39(28-35)37-21-12-13-23-42(37)49-43/h1-30H. The van der Waals surface area contributed by atoms with Crippen LogP contribution in [0.15, 0.2) is 186 Å². The molecule has 0 N–H and O–H groups in total. The second-order valence-electron chi connectivity index (χ2n) is 12.6. The minimum Gasteiger partial charge on any atom is -0.456 e. The van der Waals surface area contributed by atoms with Gasteiger partial charge in [0.05, 0.1) is 5.69 Å². The quantitative estimate of drug-likeness (QED) is 0.177. The number of nitrogens with zero attached hydrogens (tertiary/aromatic N) is 2. The van der Waals surface area contributed by atoms with Crippen molar-refractivity contribution in [1.82, 2.24) is 0 Å². The first-order valence-electron chi connectivity index (χ1n) is 16.8. The molecule has 8 aromatic carbocycles. The fourth-order valence-electron chi connectivity index (χ4n) is 7.39. The van der Waals surface area contributed by atoms with Gasteiger partial charge in [-0.05, 0) is 90.3 Å². The molecule has 0 aliphatic carbocycles. The Morgan fingerprint density at radius 3 is 1.56 bits per heavy atom. The highest BCUT2D eigenvalue weighted by molar-refractivity contribution is 7.26. The number of hydrogen-bond acceptors (Lipinski definition) is 4. The number of fused-ring (bicyclic) bond motifs is 8. The Labute approximate surface area is 293 Å². The van der Waals surface area contributed by atoms with E-state index in [0.29, 0.717) is 0 Å². The SMILES string of the molecule is c1ccc(N(c2ccccc2)c2ccc3sc4cc(N(c5ccccc5)c5ccc6oc7ccccc7c6c5)c5ccccc5c4c3c2)cc1. The van der Waals surface area contributed by atoms with Gasteiger partial charge in [-0.25, -0.2) is 0 Å². The fraction of sp³-hybridized carbons (Fsp3) is 0. The molecule has 4 heteroatoms. The van der Waals surface area contributed by atoms with Gasteiger partial charge in [0.1, 0.15) is 11.2 Å². The van der Waals surface area contributed by atoms with E-state index in [9.17, 15) is 0 Å². The van der Waals surface area contributed by atoms with Crippen LogP contribution in [0.2, 0.25) is 0 Å². The number of rotatable bonds is 6. The molecule has 2 aromatic heterocycles. The zero-order valence-corrected chi connectivity index (χ0v) is 27.8. The van der Waals surface area contributed by atoms with E-state index in [1.807, 2.05) is 23.5 Å². The van der Waals surface area contributed by atoms with Crippen molar-refractivity contribution in [2.45, 2.75) is 0 Å². The van der Waals surface area contributed by atoms with Crippen molar-refractivity contribution in [2.24, 2.45) is 0 Å². The molecule has 236 valence electrons. The van der Waals surface area contributed by atoms with Crippen molar-refractivity contribution in [3.05, 3.63) is 182 Å². The minimum atomic E-state index is 0.892. The van der Waals surface area contributed by atoms with Crippen LogP contribution in [-0.2, 0) is 0 Å². The maximum Gasteiger partial charge on any atom is 0.135 e. The van der Waals surface area contributed by atoms with Crippen LogP contribution < -0.4 is 9.80 Å². The Morgan fingerprint density at radius 2 is 0.860 bits per heavy atom. The number of thiophene rings is 1. The Bertz CT molecular complexity index is 2780. The number of anilines is 6. The van der Waals surface area contributed by atoms with E-state index in [1.54, 1.807) is 0 Å². The average Bonchev–Trinajstić information content (AvgIpc) is 3.74. The molecular formula is C46H30N2OS. The van der Waals surface area contributed by atoms with Crippen LogP contribution in [-0.4, -0.2) is 0 Å². The van der Waals surface area contributed by atoms with E-state index in [0.717, 1.165) is 56.1 Å². The average molecular weight is 659 g/mol. The lowest BCUT2D eigenvalue weighted by atomic mass is 10.00. The highest BCUT2D eigenvalue weighted by Gasteiger charge is 2.21. The van der Waals surface area contributed by atoms with E-state index in [-0.39, 0.29) is 0 Å². The van der Waals surface area contributed by atoms with Gasteiger partial charge < -0.3 is 14.2 Å². The summed E-state index contributed by atoms with van der Waals surface area (Å²) in [5, 5.41) is 7.23. The van der Waals surface area contributed by atoms with Crippen LogP contribution in [0.4, 0.5) is 34.1 Å². The molecule has 0 aliphatic heterocycles. The summed E-state index contributed by atoms with van der Waals surface area (Å²) < 4.78 is 8.75. The molecule has 10 aromatic rings. The van der Waals surface area contributed by atoms with E-state index in [1.165, 1.54) is 30.9 Å². The summed E-state index contributed by atoms with van der Waals surface area (Å²) in [6, 6.07) is 64.9. The van der Waals surface area contributed by atoms with Crippen LogP contribution in [0.1, 0.15) is 0 Å². The summed E-state index contributed by atoms with van der Waals surface area (Å²) in [4.78, 5) is 4.73. The lowest BCUT2D eigenvalue weighted by Gasteiger charge is -2.27. The largest absolute Gasteiger partial charge is 0.456 e. The maximum absolute atomic E-state index is 6.22. The van der Waals surface area contributed by atoms with Gasteiger partial charge in [-0.2, -0.15) is 0 Å². The molecule has 0 aliphatic rings. The second kappa shape index (κ2) is 11.7. The molecular weight excluding hydrogens is 629 g/mol. The van der Waals surface area contributed by atoms with E-state index in [4.69, 9.17) is 4.42 Å². The maximum atomic E-state index is 6.22. The predicted octanol–water partition coefficient (Wildman–Crippen LogP) is 14.0. The molecule has 0 atom stereocenters. The Morgan fingerprint density at radius 1 is 0.340 bits per heavy atom. The van der Waals surface area contributed by atoms with Gasteiger partial charge in [-0.15, -0.1) is 11.3 Å². The molecule has 0 spiro atoms. The zero-order valence-electron chi connectivity index (χ0n) is 27.0. The highest BCUT2D eigenvalue weighted by atomic mass is 32.1. The molecule has 10 rings (SSSR count). The first-order chi connectivity index (χ1) is 24.8. The number of hydrogen-bond donors (Lipinski definition) is 0. The first kappa shape index (κ1) is 28.6. The van der Waals surface area contributed by atoms with Gasteiger partial charge in [0, 0.05) is 64.8 Å². The molecule has 50 heavy (non-hydrogen) atoms. The van der Waals surface area contributed by atoms with Crippen LogP contribution in [0.5, 0.6) is 0 Å². The molecule has 0 saturated heterocycles. The lowest BCUT2D eigenvalue weighted by Crippen LogP contribution is -2.10. The molecule has 0 unspecified atom stereocenters. The topological polar surface area (TPSA) is 19.6 Å². The molecule has 2 heterocycles. The molecule has 0 bridgehead atoms. The Kier molecular flexibility index (Phi) is 6.68. The zero-order chi connectivity index (χ0) is 33.0. The van der Waals surface area contributed by atoms with E-state index in [2.05, 4.69) is 180 Å². The summed E-state index contributed by atoms with van der Waals surface area (Å²) in [5.74, 6) is 0. The van der Waals surface area contributed by atoms with Crippen molar-refractivity contribution < 1.29 is 4.42 Å². The summed E-state index contributed by atoms with van der Waals surface area (Å²) >= 11 is 1.86. The summed E-state index contributed by atoms with van der Waals surface area (Å²) in [5.41, 5.74) is 8.53. The third-order valence-corrected chi connectivity index (χ3v) is 10.7. The summed E-state index contributed by atoms with van der Waals surface area (Å²) in [6.07, 6.45) is 0. The van der Waals surface area contributed by atoms with Gasteiger partial charge in [-0.1, -0.05) is 97.1 Å². The second-order valence-corrected chi connectivity index (χ2v) is 13.6. The third kappa shape index (κ3) is 4.65. The summed E-state index contributed by atoms with van der Waals surface area (Å²) in [7, 11) is 0. The van der Waals surface area contributed by atoms with Crippen LogP contribution >= 0.6 is 11.3 Å². The van der Waals surface area contributed by atoms with Gasteiger partial charge in [0.15, 0.2) is 0 Å². The van der Waals surface area contributed by atoms with Gasteiger partial charge in [0.2, 0.25) is 0 Å². The van der Waals surface area contributed by atoms with Crippen molar-refractivity contribution in [3.63, 3.8) is 0 Å². The first-order valence-corrected chi connectivity index (χ1v) is 17.7. The smallest absolute Gasteiger partial charge is 0.135 e. The van der Waals surface area contributed by atoms with Crippen LogP contribution in [0.25, 0.3) is 52.9 Å². The summed E-state index contributed by atoms with van der Waals surface area (Å²) in [6.45, 7) is 0. The van der Waals surface area contributed by atoms with Gasteiger partial charge >= 0.3 is 0 Å². The molecule has 0 amide bonds. The van der Waals surface area contributed by atoms with Crippen LogP contribution in [0.3, 0.4) is 0 Å². The van der Waals surface area contributed by atoms with E-state index < -0.39 is 0 Å². The van der Waals surface area contributed by atoms with Gasteiger partial charge in [-0.3, -0.25) is 0 Å². The van der Waals surface area contributed by atoms with Crippen LogP contribution in [0, 0.1) is 0 Å². The fourth-order valence-corrected chi connectivity index (χ4v) is 8.53. The molecule has 0 fully saturated rings. The van der Waals surface area contributed by atoms with Gasteiger partial charge in [0.25, 0.3) is 0 Å². The predicted molar refractivity (Wildman–Crippen MR) is 213 cm³/mol. The number of benzene rings is 8. The highest BCUT2D eigenvalue weighted by Crippen LogP contribution is 2.48.